The van der Waals surface area contributed by atoms with Gasteiger partial charge >= 0.3 is 0 Å². The molecular weight excluding hydrogens is 440 g/mol. The highest BCUT2D eigenvalue weighted by molar-refractivity contribution is 5.67. The van der Waals surface area contributed by atoms with Gasteiger partial charge < -0.3 is 21.3 Å². The maximum absolute atomic E-state index is 3.47. The molecule has 0 atom stereocenters. The van der Waals surface area contributed by atoms with Crippen molar-refractivity contribution in [3.63, 3.8) is 0 Å². The Bertz CT molecular complexity index is 1220. The zero-order valence-electron chi connectivity index (χ0n) is 20.1. The second-order valence-corrected chi connectivity index (χ2v) is 8.66. The second-order valence-electron chi connectivity index (χ2n) is 8.66. The third-order valence-electron chi connectivity index (χ3n) is 5.91. The van der Waals surface area contributed by atoms with Crippen molar-refractivity contribution < 1.29 is 0 Å². The second kappa shape index (κ2) is 11.6. The Hall–Kier alpha value is -4.70. The molecule has 36 heavy (non-hydrogen) atoms. The Balaban J connectivity index is 1.10. The normalized spacial score (nSPS) is 10.4. The van der Waals surface area contributed by atoms with Crippen molar-refractivity contribution in [1.29, 1.82) is 0 Å². The number of hydrogen-bond acceptors (Lipinski definition) is 4. The van der Waals surface area contributed by atoms with Crippen LogP contribution in [0.2, 0.25) is 0 Å². The zero-order valence-corrected chi connectivity index (χ0v) is 20.1. The van der Waals surface area contributed by atoms with Crippen LogP contribution in [0.1, 0.15) is 11.1 Å². The number of nitrogens with one attached hydrogen (secondary N) is 4. The molecule has 0 saturated heterocycles. The lowest BCUT2D eigenvalue weighted by Gasteiger charge is -2.12. The van der Waals surface area contributed by atoms with Gasteiger partial charge in [0.15, 0.2) is 0 Å². The van der Waals surface area contributed by atoms with Crippen LogP contribution < -0.4 is 21.3 Å². The van der Waals surface area contributed by atoms with E-state index in [1.807, 2.05) is 12.1 Å². The number of hydrogen-bond donors (Lipinski definition) is 4. The molecule has 0 amide bonds. The predicted molar refractivity (Wildman–Crippen MR) is 153 cm³/mol. The minimum absolute atomic E-state index is 0.814. The van der Waals surface area contributed by atoms with Gasteiger partial charge in [0.25, 0.3) is 0 Å². The minimum atomic E-state index is 0.814. The average Bonchev–Trinajstić information content (AvgIpc) is 2.94. The molecule has 0 aliphatic heterocycles. The summed E-state index contributed by atoms with van der Waals surface area (Å²) in [6.07, 6.45) is 0. The van der Waals surface area contributed by atoms with Gasteiger partial charge in [0.05, 0.1) is 0 Å². The van der Waals surface area contributed by atoms with Crippen LogP contribution in [0.5, 0.6) is 0 Å². The first-order chi connectivity index (χ1) is 17.8. The molecule has 5 aromatic carbocycles. The van der Waals surface area contributed by atoms with Gasteiger partial charge in [0, 0.05) is 47.2 Å². The summed E-state index contributed by atoms with van der Waals surface area (Å²) in [5.74, 6) is 0. The van der Waals surface area contributed by atoms with Gasteiger partial charge in [-0.2, -0.15) is 0 Å². The van der Waals surface area contributed by atoms with Crippen LogP contribution in [-0.4, -0.2) is 0 Å². The van der Waals surface area contributed by atoms with E-state index in [0.717, 1.165) is 47.2 Å². The van der Waals surface area contributed by atoms with Crippen LogP contribution in [0.25, 0.3) is 0 Å². The first-order valence-electron chi connectivity index (χ1n) is 12.2. The van der Waals surface area contributed by atoms with Crippen molar-refractivity contribution in [3.05, 3.63) is 145 Å². The van der Waals surface area contributed by atoms with Crippen LogP contribution in [0.4, 0.5) is 34.1 Å². The number of anilines is 6. The Kier molecular flexibility index (Phi) is 7.45. The Labute approximate surface area is 213 Å². The molecule has 0 unspecified atom stereocenters. The highest BCUT2D eigenvalue weighted by Crippen LogP contribution is 2.24. The summed E-state index contributed by atoms with van der Waals surface area (Å²) < 4.78 is 0. The molecule has 0 aliphatic carbocycles. The molecule has 0 saturated carbocycles. The van der Waals surface area contributed by atoms with Gasteiger partial charge in [-0.1, -0.05) is 60.7 Å². The maximum Gasteiger partial charge on any atom is 0.0400 e. The maximum atomic E-state index is 3.47. The fraction of sp³-hybridized carbons (Fsp3) is 0.0625. The molecule has 4 N–H and O–H groups in total. The number of benzene rings is 5. The third-order valence-corrected chi connectivity index (χ3v) is 5.91. The van der Waals surface area contributed by atoms with Crippen molar-refractivity contribution in [2.24, 2.45) is 0 Å². The SMILES string of the molecule is c1ccc(CNc2ccc(Nc3ccc(Nc4ccc(NCc5ccccc5)cc4)cc3)cc2)cc1. The fourth-order valence-corrected chi connectivity index (χ4v) is 3.91. The highest BCUT2D eigenvalue weighted by Gasteiger charge is 2.00. The molecule has 0 aromatic heterocycles. The minimum Gasteiger partial charge on any atom is -0.381 e. The first kappa shape index (κ1) is 23.1. The molecule has 0 spiro atoms. The fourth-order valence-electron chi connectivity index (χ4n) is 3.91. The Morgan fingerprint density at radius 1 is 0.306 bits per heavy atom. The molecule has 0 radical (unpaired) electrons. The molecule has 4 heteroatoms. The Morgan fingerprint density at radius 3 is 0.889 bits per heavy atom. The van der Waals surface area contributed by atoms with Gasteiger partial charge in [-0.25, -0.2) is 0 Å². The monoisotopic (exact) mass is 470 g/mol. The lowest BCUT2D eigenvalue weighted by molar-refractivity contribution is 1.15. The van der Waals surface area contributed by atoms with Crippen molar-refractivity contribution >= 4 is 34.1 Å². The van der Waals surface area contributed by atoms with Crippen LogP contribution in [-0.2, 0) is 13.1 Å². The molecule has 5 rings (SSSR count). The largest absolute Gasteiger partial charge is 0.381 e. The first-order valence-corrected chi connectivity index (χ1v) is 12.2. The zero-order chi connectivity index (χ0) is 24.4. The molecule has 0 aliphatic rings. The van der Waals surface area contributed by atoms with Crippen LogP contribution in [0, 0.1) is 0 Å². The molecule has 4 nitrogen and oxygen atoms in total. The highest BCUT2D eigenvalue weighted by atomic mass is 14.9. The van der Waals surface area contributed by atoms with Crippen LogP contribution >= 0.6 is 0 Å². The topological polar surface area (TPSA) is 48.1 Å². The number of rotatable bonds is 10. The van der Waals surface area contributed by atoms with E-state index in [-0.39, 0.29) is 0 Å². The summed E-state index contributed by atoms with van der Waals surface area (Å²) in [6, 6.07) is 45.9. The predicted octanol–water partition coefficient (Wildman–Crippen LogP) is 8.40. The lowest BCUT2D eigenvalue weighted by atomic mass is 10.2. The van der Waals surface area contributed by atoms with Gasteiger partial charge in [0.1, 0.15) is 0 Å². The van der Waals surface area contributed by atoms with E-state index in [0.29, 0.717) is 0 Å². The van der Waals surface area contributed by atoms with Gasteiger partial charge in [0.2, 0.25) is 0 Å². The van der Waals surface area contributed by atoms with E-state index in [2.05, 4.69) is 143 Å². The van der Waals surface area contributed by atoms with E-state index in [1.165, 1.54) is 11.1 Å². The van der Waals surface area contributed by atoms with Crippen LogP contribution in [0.15, 0.2) is 133 Å². The molecule has 0 bridgehead atoms. The molecule has 178 valence electrons. The van der Waals surface area contributed by atoms with E-state index in [9.17, 15) is 0 Å². The summed E-state index contributed by atoms with van der Waals surface area (Å²) in [6.45, 7) is 1.63. The van der Waals surface area contributed by atoms with Crippen molar-refractivity contribution in [2.45, 2.75) is 13.1 Å². The lowest BCUT2D eigenvalue weighted by Crippen LogP contribution is -1.99. The summed E-state index contributed by atoms with van der Waals surface area (Å²) in [5.41, 5.74) is 8.94. The standard InChI is InChI=1S/C32H30N4/c1-3-7-25(8-4-1)23-33-27-11-15-29(16-12-27)35-31-19-21-32(22-20-31)36-30-17-13-28(14-18-30)34-24-26-9-5-2-6-10-26/h1-22,33-36H,23-24H2. The Morgan fingerprint density at radius 2 is 0.583 bits per heavy atom. The van der Waals surface area contributed by atoms with Crippen LogP contribution in [0.3, 0.4) is 0 Å². The van der Waals surface area contributed by atoms with Gasteiger partial charge in [-0.15, -0.1) is 0 Å². The van der Waals surface area contributed by atoms with Gasteiger partial charge in [-0.3, -0.25) is 0 Å². The quantitative estimate of drug-likeness (QED) is 0.165. The molecule has 5 aromatic rings. The summed E-state index contributed by atoms with van der Waals surface area (Å²) in [4.78, 5) is 0. The summed E-state index contributed by atoms with van der Waals surface area (Å²) in [5, 5.41) is 13.9. The average molecular weight is 471 g/mol. The molecule has 0 fully saturated rings. The molecular formula is C32H30N4. The van der Waals surface area contributed by atoms with Crippen molar-refractivity contribution in [1.82, 2.24) is 0 Å². The molecule has 0 heterocycles. The third kappa shape index (κ3) is 6.67. The van der Waals surface area contributed by atoms with Crippen molar-refractivity contribution in [3.8, 4) is 0 Å². The van der Waals surface area contributed by atoms with Gasteiger partial charge in [-0.05, 0) is 83.9 Å². The van der Waals surface area contributed by atoms with Crippen molar-refractivity contribution in [2.75, 3.05) is 21.3 Å². The van der Waals surface area contributed by atoms with E-state index < -0.39 is 0 Å². The summed E-state index contributed by atoms with van der Waals surface area (Å²) in [7, 11) is 0. The summed E-state index contributed by atoms with van der Waals surface area (Å²) >= 11 is 0. The van der Waals surface area contributed by atoms with E-state index in [1.54, 1.807) is 0 Å². The van der Waals surface area contributed by atoms with E-state index >= 15 is 0 Å². The smallest absolute Gasteiger partial charge is 0.0400 e. The van der Waals surface area contributed by atoms with E-state index in [4.69, 9.17) is 0 Å².